The number of halogens is 1. The fraction of sp³-hybridized carbons (Fsp3) is 0.185. The minimum absolute atomic E-state index is 0.0747. The minimum atomic E-state index is -0.322. The predicted molar refractivity (Wildman–Crippen MR) is 130 cm³/mol. The number of amides is 1. The zero-order valence-corrected chi connectivity index (χ0v) is 18.9. The zero-order valence-electron chi connectivity index (χ0n) is 18.9. The zero-order chi connectivity index (χ0) is 23.7. The highest BCUT2D eigenvalue weighted by atomic mass is 19.1. The molecule has 1 aromatic heterocycles. The molecule has 2 heterocycles. The van der Waals surface area contributed by atoms with Gasteiger partial charge >= 0.3 is 0 Å². The van der Waals surface area contributed by atoms with E-state index in [1.165, 1.54) is 12.1 Å². The van der Waals surface area contributed by atoms with Crippen LogP contribution in [0.4, 0.5) is 10.1 Å². The SMILES string of the molecule is Cc1ccc(-c2nn(-c3ccc(F)cc3)cc2C(=O)N2CCN(c3ccc(O)cc3)CC2)cc1. The molecule has 0 aliphatic carbocycles. The maximum absolute atomic E-state index is 13.6. The highest BCUT2D eigenvalue weighted by Crippen LogP contribution is 2.27. The van der Waals surface area contributed by atoms with E-state index >= 15 is 0 Å². The van der Waals surface area contributed by atoms with Crippen LogP contribution in [0.25, 0.3) is 16.9 Å². The van der Waals surface area contributed by atoms with Gasteiger partial charge in [-0.25, -0.2) is 9.07 Å². The van der Waals surface area contributed by atoms with Gasteiger partial charge < -0.3 is 14.9 Å². The molecule has 34 heavy (non-hydrogen) atoms. The fourth-order valence-corrected chi connectivity index (χ4v) is 4.18. The summed E-state index contributed by atoms with van der Waals surface area (Å²) in [6, 6.07) is 21.1. The quantitative estimate of drug-likeness (QED) is 0.486. The first-order valence-corrected chi connectivity index (χ1v) is 11.2. The maximum atomic E-state index is 13.6. The predicted octanol–water partition coefficient (Wildman–Crippen LogP) is 4.65. The smallest absolute Gasteiger partial charge is 0.257 e. The second-order valence-electron chi connectivity index (χ2n) is 8.47. The Kier molecular flexibility index (Phi) is 5.76. The Balaban J connectivity index is 1.42. The molecule has 0 unspecified atom stereocenters. The van der Waals surface area contributed by atoms with Gasteiger partial charge in [-0.2, -0.15) is 5.10 Å². The third kappa shape index (κ3) is 4.37. The molecule has 4 aromatic rings. The first-order valence-electron chi connectivity index (χ1n) is 11.2. The Labute approximate surface area is 197 Å². The third-order valence-electron chi connectivity index (χ3n) is 6.14. The van der Waals surface area contributed by atoms with E-state index in [9.17, 15) is 14.3 Å². The highest BCUT2D eigenvalue weighted by Gasteiger charge is 2.27. The summed E-state index contributed by atoms with van der Waals surface area (Å²) < 4.78 is 15.1. The second kappa shape index (κ2) is 9.02. The van der Waals surface area contributed by atoms with E-state index < -0.39 is 0 Å². The topological polar surface area (TPSA) is 61.6 Å². The van der Waals surface area contributed by atoms with Crippen LogP contribution >= 0.6 is 0 Å². The van der Waals surface area contributed by atoms with Crippen molar-refractivity contribution in [2.75, 3.05) is 31.1 Å². The Bertz CT molecular complexity index is 1290. The van der Waals surface area contributed by atoms with Crippen molar-refractivity contribution in [1.82, 2.24) is 14.7 Å². The molecule has 0 radical (unpaired) electrons. The summed E-state index contributed by atoms with van der Waals surface area (Å²) in [5.74, 6) is -0.161. The van der Waals surface area contributed by atoms with E-state index in [4.69, 9.17) is 5.10 Å². The summed E-state index contributed by atoms with van der Waals surface area (Å²) in [5.41, 5.74) is 4.82. The number of benzene rings is 3. The molecule has 0 spiro atoms. The van der Waals surface area contributed by atoms with Gasteiger partial charge in [-0.15, -0.1) is 0 Å². The van der Waals surface area contributed by atoms with Crippen LogP contribution < -0.4 is 4.90 Å². The van der Waals surface area contributed by atoms with Gasteiger partial charge in [0.15, 0.2) is 0 Å². The number of phenolic OH excluding ortho intramolecular Hbond substituents is 1. The fourth-order valence-electron chi connectivity index (χ4n) is 4.18. The van der Waals surface area contributed by atoms with Crippen molar-refractivity contribution in [3.63, 3.8) is 0 Å². The number of aryl methyl sites for hydroxylation is 1. The summed E-state index contributed by atoms with van der Waals surface area (Å²) in [4.78, 5) is 17.7. The average molecular weight is 457 g/mol. The number of hydrogen-bond donors (Lipinski definition) is 1. The van der Waals surface area contributed by atoms with E-state index in [2.05, 4.69) is 4.90 Å². The number of aromatic hydroxyl groups is 1. The lowest BCUT2D eigenvalue weighted by Gasteiger charge is -2.36. The summed E-state index contributed by atoms with van der Waals surface area (Å²) >= 11 is 0. The number of aromatic nitrogens is 2. The number of carbonyl (C=O) groups is 1. The molecular weight excluding hydrogens is 431 g/mol. The summed E-state index contributed by atoms with van der Waals surface area (Å²) in [5, 5.41) is 14.2. The highest BCUT2D eigenvalue weighted by molar-refractivity contribution is 6.00. The van der Waals surface area contributed by atoms with E-state index in [-0.39, 0.29) is 17.5 Å². The van der Waals surface area contributed by atoms with Crippen molar-refractivity contribution in [2.24, 2.45) is 0 Å². The van der Waals surface area contributed by atoms with Gasteiger partial charge in [-0.3, -0.25) is 4.79 Å². The molecule has 1 amide bonds. The van der Waals surface area contributed by atoms with Crippen molar-refractivity contribution in [3.8, 4) is 22.7 Å². The van der Waals surface area contributed by atoms with E-state index in [1.807, 2.05) is 48.2 Å². The van der Waals surface area contributed by atoms with Gasteiger partial charge in [-0.05, 0) is 55.5 Å². The number of phenols is 1. The lowest BCUT2D eigenvalue weighted by Crippen LogP contribution is -2.48. The Morgan fingerprint density at radius 3 is 2.12 bits per heavy atom. The molecule has 0 bridgehead atoms. The number of anilines is 1. The number of carbonyl (C=O) groups excluding carboxylic acids is 1. The first kappa shape index (κ1) is 21.7. The van der Waals surface area contributed by atoms with Crippen LogP contribution in [0.1, 0.15) is 15.9 Å². The number of piperazine rings is 1. The molecular formula is C27H25FN4O2. The molecule has 5 rings (SSSR count). The molecule has 7 heteroatoms. The molecule has 0 atom stereocenters. The normalized spacial score (nSPS) is 13.8. The molecule has 1 N–H and O–H groups in total. The van der Waals surface area contributed by atoms with Crippen LogP contribution in [-0.2, 0) is 0 Å². The van der Waals surface area contributed by atoms with Crippen molar-refractivity contribution >= 4 is 11.6 Å². The van der Waals surface area contributed by atoms with Gasteiger partial charge in [0.2, 0.25) is 0 Å². The summed E-state index contributed by atoms with van der Waals surface area (Å²) in [6.07, 6.45) is 1.73. The third-order valence-corrected chi connectivity index (χ3v) is 6.14. The van der Waals surface area contributed by atoms with Gasteiger partial charge in [0.05, 0.1) is 11.3 Å². The summed E-state index contributed by atoms with van der Waals surface area (Å²) in [7, 11) is 0. The minimum Gasteiger partial charge on any atom is -0.508 e. The Morgan fingerprint density at radius 2 is 1.47 bits per heavy atom. The van der Waals surface area contributed by atoms with E-state index in [0.717, 1.165) is 16.8 Å². The molecule has 3 aromatic carbocycles. The number of hydrogen-bond acceptors (Lipinski definition) is 4. The van der Waals surface area contributed by atoms with Gasteiger partial charge in [-0.1, -0.05) is 29.8 Å². The summed E-state index contributed by atoms with van der Waals surface area (Å²) in [6.45, 7) is 4.56. The molecule has 172 valence electrons. The Hall–Kier alpha value is -4.13. The van der Waals surface area contributed by atoms with Gasteiger partial charge in [0.25, 0.3) is 5.91 Å². The number of rotatable bonds is 4. The van der Waals surface area contributed by atoms with Gasteiger partial charge in [0.1, 0.15) is 17.3 Å². The number of nitrogens with zero attached hydrogens (tertiary/aromatic N) is 4. The molecule has 0 saturated carbocycles. The standard InChI is InChI=1S/C27H25FN4O2/c1-19-2-4-20(5-3-19)26-25(18-32(29-26)23-8-6-21(28)7-9-23)27(34)31-16-14-30(15-17-31)22-10-12-24(33)13-11-22/h2-13,18,33H,14-17H2,1H3. The molecule has 1 aliphatic heterocycles. The largest absolute Gasteiger partial charge is 0.508 e. The van der Waals surface area contributed by atoms with Crippen LogP contribution in [0.3, 0.4) is 0 Å². The Morgan fingerprint density at radius 1 is 0.853 bits per heavy atom. The lowest BCUT2D eigenvalue weighted by atomic mass is 10.1. The van der Waals surface area contributed by atoms with Crippen molar-refractivity contribution in [3.05, 3.63) is 95.9 Å². The van der Waals surface area contributed by atoms with Crippen molar-refractivity contribution in [1.29, 1.82) is 0 Å². The van der Waals surface area contributed by atoms with Crippen LogP contribution in [0.5, 0.6) is 5.75 Å². The molecule has 1 fully saturated rings. The second-order valence-corrected chi connectivity index (χ2v) is 8.47. The van der Waals surface area contributed by atoms with Crippen LogP contribution in [0.15, 0.2) is 79.0 Å². The maximum Gasteiger partial charge on any atom is 0.257 e. The van der Waals surface area contributed by atoms with Crippen molar-refractivity contribution < 1.29 is 14.3 Å². The average Bonchev–Trinajstić information content (AvgIpc) is 3.30. The van der Waals surface area contributed by atoms with Crippen LogP contribution in [0.2, 0.25) is 0 Å². The van der Waals surface area contributed by atoms with Gasteiger partial charge in [0, 0.05) is 43.6 Å². The monoisotopic (exact) mass is 456 g/mol. The molecule has 1 saturated heterocycles. The van der Waals surface area contributed by atoms with Crippen LogP contribution in [0, 0.1) is 12.7 Å². The van der Waals surface area contributed by atoms with Crippen molar-refractivity contribution in [2.45, 2.75) is 6.92 Å². The van der Waals surface area contributed by atoms with E-state index in [1.54, 1.807) is 35.1 Å². The molecule has 1 aliphatic rings. The van der Waals surface area contributed by atoms with E-state index in [0.29, 0.717) is 43.1 Å². The lowest BCUT2D eigenvalue weighted by molar-refractivity contribution is 0.0747. The van der Waals surface area contributed by atoms with Crippen LogP contribution in [-0.4, -0.2) is 51.9 Å². The molecule has 6 nitrogen and oxygen atoms in total. The first-order chi connectivity index (χ1) is 16.5.